The topological polar surface area (TPSA) is 74.7 Å². The summed E-state index contributed by atoms with van der Waals surface area (Å²) in [7, 11) is 3.09. The molecule has 0 atom stereocenters. The first-order valence-electron chi connectivity index (χ1n) is 10.7. The second-order valence-corrected chi connectivity index (χ2v) is 8.27. The second-order valence-electron chi connectivity index (χ2n) is 8.27. The van der Waals surface area contributed by atoms with Crippen LogP contribution in [0.1, 0.15) is 24.8 Å². The van der Waals surface area contributed by atoms with Gasteiger partial charge >= 0.3 is 0 Å². The van der Waals surface area contributed by atoms with Gasteiger partial charge in [0, 0.05) is 11.1 Å². The third-order valence-corrected chi connectivity index (χ3v) is 6.43. The van der Waals surface area contributed by atoms with Gasteiger partial charge in [0.05, 0.1) is 25.2 Å². The summed E-state index contributed by atoms with van der Waals surface area (Å²) in [5, 5.41) is 0.440. The van der Waals surface area contributed by atoms with E-state index in [1.54, 1.807) is 19.2 Å². The zero-order chi connectivity index (χ0) is 22.3. The monoisotopic (exact) mass is 427 g/mol. The van der Waals surface area contributed by atoms with E-state index in [0.29, 0.717) is 33.8 Å². The van der Waals surface area contributed by atoms with Gasteiger partial charge in [0.15, 0.2) is 11.3 Å². The number of hydrogen-bond donors (Lipinski definition) is 1. The van der Waals surface area contributed by atoms with Gasteiger partial charge in [-0.15, -0.1) is 0 Å². The number of methoxy groups -OCH3 is 2. The van der Waals surface area contributed by atoms with E-state index >= 15 is 0 Å². The first-order chi connectivity index (χ1) is 15.6. The molecule has 1 aromatic heterocycles. The number of nitrogens with two attached hydrogens (primary N) is 1. The van der Waals surface area contributed by atoms with E-state index in [2.05, 4.69) is 0 Å². The van der Waals surface area contributed by atoms with E-state index in [1.165, 1.54) is 7.11 Å². The summed E-state index contributed by atoms with van der Waals surface area (Å²) < 4.78 is 17.3. The van der Waals surface area contributed by atoms with Crippen LogP contribution >= 0.6 is 0 Å². The Hall–Kier alpha value is -3.57. The van der Waals surface area contributed by atoms with Crippen molar-refractivity contribution in [3.8, 4) is 33.9 Å². The van der Waals surface area contributed by atoms with Gasteiger partial charge in [0.1, 0.15) is 5.76 Å². The van der Waals surface area contributed by atoms with Gasteiger partial charge < -0.3 is 19.6 Å². The van der Waals surface area contributed by atoms with Gasteiger partial charge in [-0.2, -0.15) is 0 Å². The molecule has 1 aliphatic carbocycles. The summed E-state index contributed by atoms with van der Waals surface area (Å²) in [5.41, 5.74) is 9.71. The summed E-state index contributed by atoms with van der Waals surface area (Å²) in [5.74, 6) is 1.40. The minimum absolute atomic E-state index is 0.120. The van der Waals surface area contributed by atoms with Crippen LogP contribution < -0.4 is 20.6 Å². The first kappa shape index (κ1) is 20.3. The molecule has 162 valence electrons. The third kappa shape index (κ3) is 3.17. The lowest BCUT2D eigenvalue weighted by molar-refractivity contribution is 0.253. The van der Waals surface area contributed by atoms with Crippen LogP contribution in [0.4, 0.5) is 0 Å². The molecule has 2 N–H and O–H groups in total. The minimum atomic E-state index is -0.251. The molecule has 1 aliphatic rings. The summed E-state index contributed by atoms with van der Waals surface area (Å²) in [6.07, 6.45) is 3.12. The molecule has 3 aromatic carbocycles. The molecule has 4 aromatic rings. The van der Waals surface area contributed by atoms with E-state index in [9.17, 15) is 4.79 Å². The number of fused-ring (bicyclic) bond motifs is 1. The van der Waals surface area contributed by atoms with Crippen molar-refractivity contribution in [1.82, 2.24) is 0 Å². The average molecular weight is 428 g/mol. The van der Waals surface area contributed by atoms with Crippen molar-refractivity contribution in [2.45, 2.75) is 24.8 Å². The van der Waals surface area contributed by atoms with Crippen LogP contribution in [0.15, 0.2) is 75.9 Å². The highest BCUT2D eigenvalue weighted by molar-refractivity contribution is 5.93. The van der Waals surface area contributed by atoms with Crippen molar-refractivity contribution in [3.63, 3.8) is 0 Å². The predicted molar refractivity (Wildman–Crippen MR) is 126 cm³/mol. The Labute approximate surface area is 186 Å². The highest BCUT2D eigenvalue weighted by Gasteiger charge is 2.34. The van der Waals surface area contributed by atoms with Crippen LogP contribution in [0.5, 0.6) is 11.5 Å². The molecule has 0 unspecified atom stereocenters. The smallest absolute Gasteiger partial charge is 0.204 e. The lowest BCUT2D eigenvalue weighted by Gasteiger charge is -2.38. The maximum atomic E-state index is 13.8. The fraction of sp³-hybridized carbons (Fsp3) is 0.222. The molecule has 0 spiro atoms. The molecule has 32 heavy (non-hydrogen) atoms. The second kappa shape index (κ2) is 7.84. The zero-order valence-corrected chi connectivity index (χ0v) is 18.2. The van der Waals surface area contributed by atoms with Gasteiger partial charge in [-0.1, -0.05) is 54.6 Å². The van der Waals surface area contributed by atoms with Crippen LogP contribution in [0.2, 0.25) is 0 Å². The molecule has 5 heteroatoms. The number of rotatable bonds is 5. The van der Waals surface area contributed by atoms with Crippen molar-refractivity contribution < 1.29 is 13.9 Å². The molecule has 0 saturated heterocycles. The fourth-order valence-electron chi connectivity index (χ4n) is 4.44. The van der Waals surface area contributed by atoms with Crippen LogP contribution in [-0.4, -0.2) is 14.2 Å². The summed E-state index contributed by atoms with van der Waals surface area (Å²) >= 11 is 0. The number of ether oxygens (including phenoxy) is 2. The molecule has 0 aliphatic heterocycles. The predicted octanol–water partition coefficient (Wildman–Crippen LogP) is 5.48. The van der Waals surface area contributed by atoms with Gasteiger partial charge in [-0.05, 0) is 42.5 Å². The molecule has 0 bridgehead atoms. The quantitative estimate of drug-likeness (QED) is 0.456. The normalized spacial score (nSPS) is 14.7. The maximum Gasteiger partial charge on any atom is 0.204 e. The average Bonchev–Trinajstić information content (AvgIpc) is 2.82. The number of hydrogen-bond acceptors (Lipinski definition) is 5. The summed E-state index contributed by atoms with van der Waals surface area (Å²) in [6, 6.07) is 21.1. The Morgan fingerprint density at radius 1 is 0.875 bits per heavy atom. The molecule has 0 amide bonds. The zero-order valence-electron chi connectivity index (χ0n) is 18.2. The van der Waals surface area contributed by atoms with E-state index in [-0.39, 0.29) is 11.0 Å². The van der Waals surface area contributed by atoms with E-state index < -0.39 is 0 Å². The Balaban J connectivity index is 1.78. The molecule has 5 rings (SSSR count). The lowest BCUT2D eigenvalue weighted by Crippen LogP contribution is -2.43. The van der Waals surface area contributed by atoms with Gasteiger partial charge in [-0.25, -0.2) is 0 Å². The van der Waals surface area contributed by atoms with E-state index in [4.69, 9.17) is 19.6 Å². The molecule has 1 saturated carbocycles. The van der Waals surface area contributed by atoms with Crippen molar-refractivity contribution in [2.24, 2.45) is 5.73 Å². The Bertz CT molecular complexity index is 1340. The SMILES string of the molecule is COc1ccc2c(=O)c(-c3ccc(C4(N)CCC4)cc3)c(-c3ccccc3)oc2c1OC. The van der Waals surface area contributed by atoms with Gasteiger partial charge in [0.25, 0.3) is 0 Å². The standard InChI is InChI=1S/C27H25NO4/c1-30-21-14-13-20-23(29)22(17-9-11-19(12-10-17)27(28)15-6-16-27)24(18-7-4-3-5-8-18)32-25(20)26(21)31-2/h3-5,7-14H,6,15-16,28H2,1-2H3. The Morgan fingerprint density at radius 2 is 1.59 bits per heavy atom. The highest BCUT2D eigenvalue weighted by Crippen LogP contribution is 2.41. The molecule has 1 heterocycles. The largest absolute Gasteiger partial charge is 0.493 e. The van der Waals surface area contributed by atoms with E-state index in [1.807, 2.05) is 54.6 Å². The van der Waals surface area contributed by atoms with Crippen LogP contribution in [0.3, 0.4) is 0 Å². The van der Waals surface area contributed by atoms with Gasteiger partial charge in [0.2, 0.25) is 11.2 Å². The molecular weight excluding hydrogens is 402 g/mol. The Kier molecular flexibility index (Phi) is 4.98. The van der Waals surface area contributed by atoms with Crippen LogP contribution in [0, 0.1) is 0 Å². The highest BCUT2D eigenvalue weighted by atomic mass is 16.5. The van der Waals surface area contributed by atoms with Crippen molar-refractivity contribution >= 4 is 11.0 Å². The van der Waals surface area contributed by atoms with Crippen LogP contribution in [0.25, 0.3) is 33.4 Å². The molecule has 5 nitrogen and oxygen atoms in total. The van der Waals surface area contributed by atoms with Crippen molar-refractivity contribution in [3.05, 3.63) is 82.5 Å². The minimum Gasteiger partial charge on any atom is -0.493 e. The van der Waals surface area contributed by atoms with Gasteiger partial charge in [-0.3, -0.25) is 4.79 Å². The van der Waals surface area contributed by atoms with Crippen molar-refractivity contribution in [2.75, 3.05) is 14.2 Å². The van der Waals surface area contributed by atoms with Crippen molar-refractivity contribution in [1.29, 1.82) is 0 Å². The van der Waals surface area contributed by atoms with E-state index in [0.717, 1.165) is 36.0 Å². The lowest BCUT2D eigenvalue weighted by atomic mass is 9.72. The Morgan fingerprint density at radius 3 is 2.19 bits per heavy atom. The first-order valence-corrected chi connectivity index (χ1v) is 10.7. The molecular formula is C27H25NO4. The summed E-state index contributed by atoms with van der Waals surface area (Å²) in [6.45, 7) is 0. The fourth-order valence-corrected chi connectivity index (χ4v) is 4.44. The summed E-state index contributed by atoms with van der Waals surface area (Å²) in [4.78, 5) is 13.8. The maximum absolute atomic E-state index is 13.8. The van der Waals surface area contributed by atoms with Crippen LogP contribution in [-0.2, 0) is 5.54 Å². The number of benzene rings is 3. The molecule has 0 radical (unpaired) electrons. The molecule has 1 fully saturated rings. The third-order valence-electron chi connectivity index (χ3n) is 6.43.